The third-order valence-electron chi connectivity index (χ3n) is 2.46. The van der Waals surface area contributed by atoms with Crippen LogP contribution in [0.5, 0.6) is 0 Å². The van der Waals surface area contributed by atoms with Gasteiger partial charge in [-0.15, -0.1) is 11.3 Å². The van der Waals surface area contributed by atoms with Gasteiger partial charge in [-0.25, -0.2) is 9.78 Å². The van der Waals surface area contributed by atoms with Crippen molar-refractivity contribution in [1.82, 2.24) is 9.97 Å². The van der Waals surface area contributed by atoms with Crippen molar-refractivity contribution >= 4 is 22.3 Å². The summed E-state index contributed by atoms with van der Waals surface area (Å²) in [6.07, 6.45) is 1.81. The molecule has 5 nitrogen and oxygen atoms in total. The number of nitrogens with zero attached hydrogens (tertiary/aromatic N) is 2. The van der Waals surface area contributed by atoms with E-state index in [1.54, 1.807) is 12.4 Å². The maximum Gasteiger partial charge on any atom is 0.360 e. The van der Waals surface area contributed by atoms with Crippen molar-refractivity contribution in [2.75, 3.05) is 11.9 Å². The van der Waals surface area contributed by atoms with Crippen LogP contribution in [0.15, 0.2) is 23.8 Å². The number of carbonyl (C=O) groups is 1. The zero-order valence-corrected chi connectivity index (χ0v) is 11.7. The minimum atomic E-state index is -0.395. The highest BCUT2D eigenvalue weighted by Crippen LogP contribution is 2.21. The van der Waals surface area contributed by atoms with Gasteiger partial charge >= 0.3 is 5.97 Å². The van der Waals surface area contributed by atoms with Gasteiger partial charge in [0.25, 0.3) is 0 Å². The number of carbonyl (C=O) groups excluding carboxylic acids is 1. The molecule has 2 aromatic rings. The van der Waals surface area contributed by atoms with Gasteiger partial charge in [0, 0.05) is 18.4 Å². The quantitative estimate of drug-likeness (QED) is 0.851. The Balaban J connectivity index is 2.02. The highest BCUT2D eigenvalue weighted by Gasteiger charge is 2.15. The summed E-state index contributed by atoms with van der Waals surface area (Å²) in [6, 6.07) is 3.95. The van der Waals surface area contributed by atoms with Crippen molar-refractivity contribution in [2.45, 2.75) is 20.4 Å². The summed E-state index contributed by atoms with van der Waals surface area (Å²) in [5.41, 5.74) is 4.00. The number of hydrogen-bond acceptors (Lipinski definition) is 6. The first kappa shape index (κ1) is 13.5. The third-order valence-corrected chi connectivity index (χ3v) is 3.25. The van der Waals surface area contributed by atoms with E-state index >= 15 is 0 Å². The topological polar surface area (TPSA) is 64.1 Å². The van der Waals surface area contributed by atoms with Crippen molar-refractivity contribution in [2.24, 2.45) is 0 Å². The van der Waals surface area contributed by atoms with Crippen molar-refractivity contribution in [3.05, 3.63) is 40.8 Å². The number of hydrogen-bond donors (Lipinski definition) is 1. The Kier molecular flexibility index (Phi) is 4.46. The lowest BCUT2D eigenvalue weighted by Gasteiger charge is -2.06. The molecule has 0 bridgehead atoms. The average Bonchev–Trinajstić information content (AvgIpc) is 2.87. The van der Waals surface area contributed by atoms with E-state index in [2.05, 4.69) is 15.3 Å². The molecule has 0 saturated carbocycles. The minimum Gasteiger partial charge on any atom is -0.461 e. The zero-order valence-electron chi connectivity index (χ0n) is 10.8. The molecule has 2 rings (SSSR count). The Bertz CT molecular complexity index is 551. The molecule has 0 amide bonds. The summed E-state index contributed by atoms with van der Waals surface area (Å²) in [5, 5.41) is 3.90. The van der Waals surface area contributed by atoms with Gasteiger partial charge in [-0.3, -0.25) is 4.98 Å². The zero-order chi connectivity index (χ0) is 13.7. The Morgan fingerprint density at radius 2 is 2.26 bits per heavy atom. The highest BCUT2D eigenvalue weighted by molar-refractivity contribution is 7.14. The third kappa shape index (κ3) is 3.51. The highest BCUT2D eigenvalue weighted by atomic mass is 32.1. The van der Waals surface area contributed by atoms with E-state index in [-0.39, 0.29) is 0 Å². The lowest BCUT2D eigenvalue weighted by atomic mass is 10.2. The van der Waals surface area contributed by atoms with E-state index in [9.17, 15) is 4.79 Å². The van der Waals surface area contributed by atoms with E-state index < -0.39 is 5.97 Å². The Labute approximate surface area is 115 Å². The minimum absolute atomic E-state index is 0.340. The van der Waals surface area contributed by atoms with Crippen LogP contribution in [0.2, 0.25) is 0 Å². The molecule has 1 N–H and O–H groups in total. The number of pyridine rings is 1. The van der Waals surface area contributed by atoms with Crippen molar-refractivity contribution in [3.8, 4) is 0 Å². The van der Waals surface area contributed by atoms with Crippen molar-refractivity contribution in [1.29, 1.82) is 0 Å². The predicted molar refractivity (Wildman–Crippen MR) is 74.4 cm³/mol. The summed E-state index contributed by atoms with van der Waals surface area (Å²) >= 11 is 1.38. The number of ether oxygens (including phenoxy) is 1. The second kappa shape index (κ2) is 6.29. The summed E-state index contributed by atoms with van der Waals surface area (Å²) in [7, 11) is 0. The van der Waals surface area contributed by atoms with Crippen LogP contribution in [0.3, 0.4) is 0 Å². The van der Waals surface area contributed by atoms with Crippen molar-refractivity contribution < 1.29 is 9.53 Å². The lowest BCUT2D eigenvalue weighted by molar-refractivity contribution is 0.0521. The second-order valence-corrected chi connectivity index (χ2v) is 4.77. The molecule has 0 aliphatic heterocycles. The maximum atomic E-state index is 11.7. The molecule has 6 heteroatoms. The molecule has 2 heterocycles. The van der Waals surface area contributed by atoms with Gasteiger partial charge in [0.15, 0.2) is 5.69 Å². The molecule has 0 radical (unpaired) electrons. The second-order valence-electron chi connectivity index (χ2n) is 3.91. The molecule has 0 aliphatic carbocycles. The SMILES string of the molecule is CCOC(=O)c1ncsc1NCc1ccc(C)nc1. The van der Waals surface area contributed by atoms with E-state index in [1.807, 2.05) is 25.3 Å². The Hall–Kier alpha value is -1.95. The first-order valence-electron chi connectivity index (χ1n) is 5.96. The van der Waals surface area contributed by atoms with Gasteiger partial charge in [0.1, 0.15) is 5.00 Å². The molecule has 0 fully saturated rings. The predicted octanol–water partition coefficient (Wildman–Crippen LogP) is 2.64. The monoisotopic (exact) mass is 277 g/mol. The van der Waals surface area contributed by atoms with E-state index in [0.717, 1.165) is 16.3 Å². The summed E-state index contributed by atoms with van der Waals surface area (Å²) in [6.45, 7) is 4.66. The Morgan fingerprint density at radius 3 is 2.95 bits per heavy atom. The van der Waals surface area contributed by atoms with Gasteiger partial charge in [0.2, 0.25) is 0 Å². The molecule has 19 heavy (non-hydrogen) atoms. The molecule has 0 aliphatic rings. The van der Waals surface area contributed by atoms with Crippen LogP contribution in [-0.4, -0.2) is 22.5 Å². The number of anilines is 1. The Morgan fingerprint density at radius 1 is 1.42 bits per heavy atom. The smallest absolute Gasteiger partial charge is 0.360 e. The maximum absolute atomic E-state index is 11.7. The summed E-state index contributed by atoms with van der Waals surface area (Å²) < 4.78 is 4.95. The van der Waals surface area contributed by atoms with Crippen molar-refractivity contribution in [3.63, 3.8) is 0 Å². The van der Waals surface area contributed by atoms with Crippen LogP contribution in [-0.2, 0) is 11.3 Å². The van der Waals surface area contributed by atoms with Crippen LogP contribution in [0.1, 0.15) is 28.7 Å². The molecule has 0 atom stereocenters. The number of aromatic nitrogens is 2. The number of aryl methyl sites for hydroxylation is 1. The number of thiazole rings is 1. The summed E-state index contributed by atoms with van der Waals surface area (Å²) in [5.74, 6) is -0.395. The van der Waals surface area contributed by atoms with Crippen LogP contribution < -0.4 is 5.32 Å². The van der Waals surface area contributed by atoms with Gasteiger partial charge in [-0.1, -0.05) is 6.07 Å². The first-order valence-corrected chi connectivity index (χ1v) is 6.84. The van der Waals surface area contributed by atoms with Gasteiger partial charge in [0.05, 0.1) is 12.1 Å². The number of esters is 1. The fourth-order valence-electron chi connectivity index (χ4n) is 1.50. The van der Waals surface area contributed by atoms with Crippen LogP contribution in [0.25, 0.3) is 0 Å². The molecule has 100 valence electrons. The van der Waals surface area contributed by atoms with E-state index in [1.165, 1.54) is 11.3 Å². The fraction of sp³-hybridized carbons (Fsp3) is 0.308. The van der Waals surface area contributed by atoms with Gasteiger partial charge in [-0.05, 0) is 25.5 Å². The molecule has 0 spiro atoms. The average molecular weight is 277 g/mol. The standard InChI is InChI=1S/C13H15N3O2S/c1-3-18-13(17)11-12(19-8-16-11)15-7-10-5-4-9(2)14-6-10/h4-6,8,15H,3,7H2,1-2H3. The molecular weight excluding hydrogens is 262 g/mol. The lowest BCUT2D eigenvalue weighted by Crippen LogP contribution is -2.09. The largest absolute Gasteiger partial charge is 0.461 e. The van der Waals surface area contributed by atoms with Crippen LogP contribution in [0.4, 0.5) is 5.00 Å². The number of rotatable bonds is 5. The summed E-state index contributed by atoms with van der Waals surface area (Å²) in [4.78, 5) is 19.9. The van der Waals surface area contributed by atoms with Crippen LogP contribution in [0, 0.1) is 6.92 Å². The molecule has 0 unspecified atom stereocenters. The first-order chi connectivity index (χ1) is 9.20. The molecule has 0 aromatic carbocycles. The molecule has 0 saturated heterocycles. The van der Waals surface area contributed by atoms with Gasteiger partial charge in [-0.2, -0.15) is 0 Å². The van der Waals surface area contributed by atoms with E-state index in [4.69, 9.17) is 4.74 Å². The molecular formula is C13H15N3O2S. The number of nitrogens with one attached hydrogen (secondary N) is 1. The molecule has 2 aromatic heterocycles. The van der Waals surface area contributed by atoms with E-state index in [0.29, 0.717) is 18.8 Å². The normalized spacial score (nSPS) is 10.2. The fourth-order valence-corrected chi connectivity index (χ4v) is 2.17. The van der Waals surface area contributed by atoms with Crippen LogP contribution >= 0.6 is 11.3 Å². The van der Waals surface area contributed by atoms with Gasteiger partial charge < -0.3 is 10.1 Å².